The summed E-state index contributed by atoms with van der Waals surface area (Å²) in [7, 11) is -1.98. The summed E-state index contributed by atoms with van der Waals surface area (Å²) >= 11 is 0. The lowest BCUT2D eigenvalue weighted by atomic mass is 10.2. The van der Waals surface area contributed by atoms with Gasteiger partial charge in [0.2, 0.25) is 10.0 Å². The Labute approximate surface area is 106 Å². The van der Waals surface area contributed by atoms with Gasteiger partial charge in [0.05, 0.1) is 19.3 Å². The summed E-state index contributed by atoms with van der Waals surface area (Å²) in [5, 5.41) is 8.41. The van der Waals surface area contributed by atoms with E-state index in [1.54, 1.807) is 24.3 Å². The Hall–Kier alpha value is -1.60. The van der Waals surface area contributed by atoms with E-state index in [1.165, 1.54) is 7.11 Å². The number of carbonyl (C=O) groups is 1. The van der Waals surface area contributed by atoms with Gasteiger partial charge in [-0.15, -0.1) is 0 Å². The van der Waals surface area contributed by atoms with Crippen LogP contribution in [0.2, 0.25) is 0 Å². The van der Waals surface area contributed by atoms with E-state index in [9.17, 15) is 13.2 Å². The third kappa shape index (κ3) is 5.15. The highest BCUT2D eigenvalue weighted by molar-refractivity contribution is 7.88. The first kappa shape index (κ1) is 14.5. The predicted octanol–water partition coefficient (Wildman–Crippen LogP) is 0.589. The molecule has 7 heteroatoms. The highest BCUT2D eigenvalue weighted by atomic mass is 32.2. The first-order valence-electron chi connectivity index (χ1n) is 5.25. The van der Waals surface area contributed by atoms with Crippen LogP contribution in [0.25, 0.3) is 0 Å². The Balaban J connectivity index is 2.56. The van der Waals surface area contributed by atoms with Gasteiger partial charge in [0.15, 0.2) is 0 Å². The zero-order valence-corrected chi connectivity index (χ0v) is 10.7. The van der Waals surface area contributed by atoms with Crippen LogP contribution in [0.15, 0.2) is 24.3 Å². The Morgan fingerprint density at radius 3 is 2.44 bits per heavy atom. The Morgan fingerprint density at radius 2 is 1.94 bits per heavy atom. The smallest absolute Gasteiger partial charge is 0.304 e. The highest BCUT2D eigenvalue weighted by Gasteiger charge is 2.11. The van der Waals surface area contributed by atoms with Crippen molar-refractivity contribution < 1.29 is 23.1 Å². The average Bonchev–Trinajstić information content (AvgIpc) is 2.28. The summed E-state index contributed by atoms with van der Waals surface area (Å²) in [6.45, 7) is -0.103. The normalized spacial score (nSPS) is 11.2. The fraction of sp³-hybridized carbons (Fsp3) is 0.364. The molecule has 1 aromatic carbocycles. The molecule has 0 saturated carbocycles. The third-order valence-electron chi connectivity index (χ3n) is 2.18. The van der Waals surface area contributed by atoms with Crippen LogP contribution in [-0.2, 0) is 20.6 Å². The minimum atomic E-state index is -3.50. The number of hydrogen-bond acceptors (Lipinski definition) is 4. The Morgan fingerprint density at radius 1 is 1.33 bits per heavy atom. The second kappa shape index (κ2) is 6.36. The fourth-order valence-electron chi connectivity index (χ4n) is 1.31. The van der Waals surface area contributed by atoms with Crippen LogP contribution in [0.1, 0.15) is 12.0 Å². The zero-order chi connectivity index (χ0) is 13.6. The van der Waals surface area contributed by atoms with Crippen molar-refractivity contribution in [2.75, 3.05) is 13.7 Å². The molecule has 0 bridgehead atoms. The summed E-state index contributed by atoms with van der Waals surface area (Å²) < 4.78 is 30.4. The second-order valence-electron chi connectivity index (χ2n) is 3.65. The summed E-state index contributed by atoms with van der Waals surface area (Å²) in [6, 6.07) is 6.63. The number of aliphatic carboxylic acids is 1. The minimum absolute atomic E-state index is 0.103. The Bertz CT molecular complexity index is 495. The summed E-state index contributed by atoms with van der Waals surface area (Å²) in [5.74, 6) is -0.575. The molecule has 2 N–H and O–H groups in total. The molecule has 0 aromatic heterocycles. The van der Waals surface area contributed by atoms with Gasteiger partial charge in [0, 0.05) is 6.54 Å². The summed E-state index contributed by atoms with van der Waals surface area (Å²) in [6.07, 6.45) is -0.234. The van der Waals surface area contributed by atoms with Gasteiger partial charge in [0.1, 0.15) is 5.75 Å². The molecular weight excluding hydrogens is 258 g/mol. The van der Waals surface area contributed by atoms with Gasteiger partial charge < -0.3 is 9.84 Å². The van der Waals surface area contributed by atoms with Crippen LogP contribution in [0.4, 0.5) is 0 Å². The molecule has 0 amide bonds. The standard InChI is InChI=1S/C11H15NO5S/c1-17-10-4-2-9(3-5-10)8-18(15,16)12-7-6-11(13)14/h2-5,12H,6-8H2,1H3,(H,13,14). The van der Waals surface area contributed by atoms with Gasteiger partial charge >= 0.3 is 5.97 Å². The number of methoxy groups -OCH3 is 1. The number of hydrogen-bond donors (Lipinski definition) is 2. The average molecular weight is 273 g/mol. The molecule has 0 heterocycles. The number of nitrogens with one attached hydrogen (secondary N) is 1. The number of rotatable bonds is 7. The van der Waals surface area contributed by atoms with Crippen molar-refractivity contribution in [1.29, 1.82) is 0 Å². The van der Waals surface area contributed by atoms with E-state index in [2.05, 4.69) is 4.72 Å². The largest absolute Gasteiger partial charge is 0.497 e. The first-order chi connectivity index (χ1) is 8.43. The Kier molecular flexibility index (Phi) is 5.11. The topological polar surface area (TPSA) is 92.7 Å². The minimum Gasteiger partial charge on any atom is -0.497 e. The highest BCUT2D eigenvalue weighted by Crippen LogP contribution is 2.13. The van der Waals surface area contributed by atoms with Crippen molar-refractivity contribution in [2.45, 2.75) is 12.2 Å². The summed E-state index contributed by atoms with van der Waals surface area (Å²) in [5.41, 5.74) is 0.610. The molecule has 1 rings (SSSR count). The molecule has 0 atom stereocenters. The lowest BCUT2D eigenvalue weighted by Gasteiger charge is -2.06. The lowest BCUT2D eigenvalue weighted by molar-refractivity contribution is -0.136. The molecule has 0 aliphatic rings. The van der Waals surface area contributed by atoms with Crippen molar-refractivity contribution in [3.63, 3.8) is 0 Å². The number of benzene rings is 1. The van der Waals surface area contributed by atoms with Crippen LogP contribution in [0.3, 0.4) is 0 Å². The number of carboxylic acid groups (broad SMARTS) is 1. The van der Waals surface area contributed by atoms with Crippen molar-refractivity contribution in [2.24, 2.45) is 0 Å². The van der Waals surface area contributed by atoms with E-state index >= 15 is 0 Å². The molecule has 100 valence electrons. The molecule has 0 fully saturated rings. The van der Waals surface area contributed by atoms with Crippen molar-refractivity contribution in [3.05, 3.63) is 29.8 Å². The molecule has 0 unspecified atom stereocenters. The maximum atomic E-state index is 11.6. The monoisotopic (exact) mass is 273 g/mol. The molecule has 0 spiro atoms. The molecule has 0 saturated heterocycles. The molecule has 0 aliphatic heterocycles. The molecule has 6 nitrogen and oxygen atoms in total. The fourth-order valence-corrected chi connectivity index (χ4v) is 2.45. The van der Waals surface area contributed by atoms with Crippen LogP contribution in [0.5, 0.6) is 5.75 Å². The second-order valence-corrected chi connectivity index (χ2v) is 5.45. The third-order valence-corrected chi connectivity index (χ3v) is 3.53. The zero-order valence-electron chi connectivity index (χ0n) is 9.92. The first-order valence-corrected chi connectivity index (χ1v) is 6.90. The molecule has 1 aromatic rings. The molecule has 18 heavy (non-hydrogen) atoms. The van der Waals surface area contributed by atoms with Crippen molar-refractivity contribution >= 4 is 16.0 Å². The van der Waals surface area contributed by atoms with E-state index in [0.29, 0.717) is 11.3 Å². The maximum absolute atomic E-state index is 11.6. The lowest BCUT2D eigenvalue weighted by Crippen LogP contribution is -2.27. The number of ether oxygens (including phenoxy) is 1. The SMILES string of the molecule is COc1ccc(CS(=O)(=O)NCCC(=O)O)cc1. The van der Waals surface area contributed by atoms with E-state index in [1.807, 2.05) is 0 Å². The van der Waals surface area contributed by atoms with E-state index < -0.39 is 16.0 Å². The predicted molar refractivity (Wildman–Crippen MR) is 65.9 cm³/mol. The molecule has 0 radical (unpaired) electrons. The van der Waals surface area contributed by atoms with Gasteiger partial charge in [-0.3, -0.25) is 4.79 Å². The quantitative estimate of drug-likeness (QED) is 0.758. The van der Waals surface area contributed by atoms with Gasteiger partial charge in [-0.2, -0.15) is 0 Å². The van der Waals surface area contributed by atoms with Crippen molar-refractivity contribution in [3.8, 4) is 5.75 Å². The molecular formula is C11H15NO5S. The van der Waals surface area contributed by atoms with Gasteiger partial charge in [-0.25, -0.2) is 13.1 Å². The van der Waals surface area contributed by atoms with Crippen LogP contribution < -0.4 is 9.46 Å². The van der Waals surface area contributed by atoms with Crippen molar-refractivity contribution in [1.82, 2.24) is 4.72 Å². The van der Waals surface area contributed by atoms with Gasteiger partial charge in [0.25, 0.3) is 0 Å². The van der Waals surface area contributed by atoms with E-state index in [0.717, 1.165) is 0 Å². The van der Waals surface area contributed by atoms with Gasteiger partial charge in [-0.05, 0) is 17.7 Å². The van der Waals surface area contributed by atoms with E-state index in [4.69, 9.17) is 9.84 Å². The van der Waals surface area contributed by atoms with Crippen LogP contribution >= 0.6 is 0 Å². The summed E-state index contributed by atoms with van der Waals surface area (Å²) in [4.78, 5) is 10.3. The van der Waals surface area contributed by atoms with Crippen LogP contribution in [0, 0.1) is 0 Å². The van der Waals surface area contributed by atoms with Crippen LogP contribution in [-0.4, -0.2) is 33.1 Å². The van der Waals surface area contributed by atoms with Gasteiger partial charge in [-0.1, -0.05) is 12.1 Å². The number of carboxylic acids is 1. The molecule has 0 aliphatic carbocycles. The maximum Gasteiger partial charge on any atom is 0.304 e. The van der Waals surface area contributed by atoms with E-state index in [-0.39, 0.29) is 18.7 Å². The number of sulfonamides is 1.